The molecule has 0 saturated heterocycles. The lowest BCUT2D eigenvalue weighted by atomic mass is 9.89. The first-order valence-corrected chi connectivity index (χ1v) is 11.0. The minimum atomic E-state index is -0.539. The zero-order valence-corrected chi connectivity index (χ0v) is 19.0. The Morgan fingerprint density at radius 1 is 1.50 bits per heavy atom. The van der Waals surface area contributed by atoms with E-state index in [1.54, 1.807) is 0 Å². The number of nitrogen functional groups attached to an aromatic ring is 1. The van der Waals surface area contributed by atoms with Crippen molar-refractivity contribution in [3.8, 4) is 11.8 Å². The number of benzene rings is 1. The topological polar surface area (TPSA) is 74.3 Å². The summed E-state index contributed by atoms with van der Waals surface area (Å²) in [6.45, 7) is 10.7. The van der Waals surface area contributed by atoms with Crippen LogP contribution < -0.4 is 20.7 Å². The van der Waals surface area contributed by atoms with Gasteiger partial charge in [0.05, 0.1) is 23.0 Å². The third kappa shape index (κ3) is 4.29. The van der Waals surface area contributed by atoms with Gasteiger partial charge in [-0.1, -0.05) is 43.9 Å². The van der Waals surface area contributed by atoms with Gasteiger partial charge < -0.3 is 20.7 Å². The number of rotatable bonds is 8. The van der Waals surface area contributed by atoms with Crippen LogP contribution in [0.25, 0.3) is 5.57 Å². The number of nitrogens with one attached hydrogen (secondary N) is 1. The Labute approximate surface area is 190 Å². The first-order chi connectivity index (χ1) is 15.5. The van der Waals surface area contributed by atoms with Crippen LogP contribution in [0, 0.1) is 17.1 Å². The highest BCUT2D eigenvalue weighted by Gasteiger charge is 2.37. The van der Waals surface area contributed by atoms with E-state index in [4.69, 9.17) is 10.5 Å². The Morgan fingerprint density at radius 2 is 2.28 bits per heavy atom. The fourth-order valence-corrected chi connectivity index (χ4v) is 4.05. The molecule has 3 rings (SSSR count). The van der Waals surface area contributed by atoms with Gasteiger partial charge >= 0.3 is 0 Å². The number of allylic oxidation sites excluding steroid dienone is 8. The molecule has 1 atom stereocenters. The SMILES string of the molecule is C=C/C(=C\C=C/C)CCCNc1c(F)c(N)c2c3c1OCC(C)N3C=C(C#N)/C2=C/CC. The Bertz CT molecular complexity index is 1060. The maximum atomic E-state index is 15.5. The van der Waals surface area contributed by atoms with Crippen molar-refractivity contribution in [2.45, 2.75) is 46.1 Å². The van der Waals surface area contributed by atoms with Gasteiger partial charge in [-0.25, -0.2) is 4.39 Å². The average molecular weight is 435 g/mol. The number of anilines is 3. The van der Waals surface area contributed by atoms with Crippen LogP contribution in [0.3, 0.4) is 0 Å². The van der Waals surface area contributed by atoms with E-state index in [1.807, 2.05) is 62.3 Å². The predicted octanol–water partition coefficient (Wildman–Crippen LogP) is 6.09. The lowest BCUT2D eigenvalue weighted by Gasteiger charge is -2.40. The van der Waals surface area contributed by atoms with E-state index in [-0.39, 0.29) is 17.4 Å². The number of nitrogens with two attached hydrogens (primary N) is 1. The van der Waals surface area contributed by atoms with Crippen LogP contribution in [-0.4, -0.2) is 19.2 Å². The number of hydrogen-bond donors (Lipinski definition) is 2. The van der Waals surface area contributed by atoms with E-state index < -0.39 is 5.82 Å². The highest BCUT2D eigenvalue weighted by atomic mass is 19.1. The summed E-state index contributed by atoms with van der Waals surface area (Å²) in [5.74, 6) is -0.0868. The molecule has 0 radical (unpaired) electrons. The highest BCUT2D eigenvalue weighted by molar-refractivity contribution is 6.02. The minimum absolute atomic E-state index is 0.00241. The van der Waals surface area contributed by atoms with Gasteiger partial charge in [0, 0.05) is 23.9 Å². The number of nitrogens with zero attached hydrogens (tertiary/aromatic N) is 2. The summed E-state index contributed by atoms with van der Waals surface area (Å²) in [7, 11) is 0. The molecular formula is C26H31FN4O. The van der Waals surface area contributed by atoms with Crippen molar-refractivity contribution in [1.82, 2.24) is 0 Å². The molecule has 1 unspecified atom stereocenters. The first-order valence-electron chi connectivity index (χ1n) is 11.0. The van der Waals surface area contributed by atoms with Crippen LogP contribution in [0.4, 0.5) is 21.5 Å². The summed E-state index contributed by atoms with van der Waals surface area (Å²) in [5, 5.41) is 12.9. The molecule has 0 aromatic heterocycles. The molecule has 168 valence electrons. The van der Waals surface area contributed by atoms with Crippen molar-refractivity contribution in [3.05, 3.63) is 65.7 Å². The largest absolute Gasteiger partial charge is 0.487 e. The zero-order valence-electron chi connectivity index (χ0n) is 19.0. The fourth-order valence-electron chi connectivity index (χ4n) is 4.05. The van der Waals surface area contributed by atoms with Gasteiger partial charge in [0.25, 0.3) is 0 Å². The Kier molecular flexibility index (Phi) is 7.42. The number of ether oxygens (including phenoxy) is 1. The van der Waals surface area contributed by atoms with Gasteiger partial charge in [0.2, 0.25) is 0 Å². The van der Waals surface area contributed by atoms with E-state index >= 15 is 4.39 Å². The molecule has 0 saturated carbocycles. The molecule has 3 N–H and O–H groups in total. The van der Waals surface area contributed by atoms with Crippen molar-refractivity contribution in [2.24, 2.45) is 0 Å². The van der Waals surface area contributed by atoms with Gasteiger partial charge in [-0.05, 0) is 38.7 Å². The lowest BCUT2D eigenvalue weighted by molar-refractivity contribution is 0.277. The lowest BCUT2D eigenvalue weighted by Crippen LogP contribution is -2.40. The van der Waals surface area contributed by atoms with Gasteiger partial charge in [0.15, 0.2) is 11.6 Å². The van der Waals surface area contributed by atoms with Crippen molar-refractivity contribution >= 4 is 22.6 Å². The molecular weight excluding hydrogens is 403 g/mol. The molecule has 0 fully saturated rings. The number of halogens is 1. The predicted molar refractivity (Wildman–Crippen MR) is 131 cm³/mol. The number of hydrogen-bond acceptors (Lipinski definition) is 5. The van der Waals surface area contributed by atoms with Crippen molar-refractivity contribution in [3.63, 3.8) is 0 Å². The summed E-state index contributed by atoms with van der Waals surface area (Å²) < 4.78 is 21.5. The molecule has 6 heteroatoms. The molecule has 0 spiro atoms. The van der Waals surface area contributed by atoms with Crippen LogP contribution in [-0.2, 0) is 0 Å². The molecule has 32 heavy (non-hydrogen) atoms. The highest BCUT2D eigenvalue weighted by Crippen LogP contribution is 2.53. The van der Waals surface area contributed by atoms with E-state index in [2.05, 4.69) is 18.0 Å². The van der Waals surface area contributed by atoms with Gasteiger partial charge in [0.1, 0.15) is 18.4 Å². The molecule has 1 aromatic rings. The van der Waals surface area contributed by atoms with Crippen molar-refractivity contribution in [2.75, 3.05) is 29.1 Å². The molecule has 5 nitrogen and oxygen atoms in total. The van der Waals surface area contributed by atoms with E-state index in [0.29, 0.717) is 42.0 Å². The standard InChI is InChI=1S/C26H31FN4O/c1-5-8-11-18(7-3)12-9-13-30-24-22(27)23(29)21-20(10-6-2)19(14-28)15-31-17(4)16-32-26(24)25(21)31/h5,7-8,10-11,15,17,30H,3,6,9,12-13,16,29H2,1-2,4H3/b8-5-,18-11+,20-10-. The molecule has 0 bridgehead atoms. The molecule has 2 heterocycles. The fraction of sp³-hybridized carbons (Fsp3) is 0.346. The monoisotopic (exact) mass is 434 g/mol. The summed E-state index contributed by atoms with van der Waals surface area (Å²) in [4.78, 5) is 1.98. The molecule has 1 aromatic carbocycles. The van der Waals surface area contributed by atoms with E-state index in [9.17, 15) is 5.26 Å². The second kappa shape index (κ2) is 10.2. The maximum absolute atomic E-state index is 15.5. The summed E-state index contributed by atoms with van der Waals surface area (Å²) in [6, 6.07) is 2.24. The first kappa shape index (κ1) is 23.2. The smallest absolute Gasteiger partial charge is 0.173 e. The molecule has 2 aliphatic heterocycles. The van der Waals surface area contributed by atoms with Crippen LogP contribution >= 0.6 is 0 Å². The van der Waals surface area contributed by atoms with Crippen molar-refractivity contribution in [1.29, 1.82) is 5.26 Å². The third-order valence-electron chi connectivity index (χ3n) is 5.67. The summed E-state index contributed by atoms with van der Waals surface area (Å²) >= 11 is 0. The number of nitriles is 1. The molecule has 0 amide bonds. The van der Waals surface area contributed by atoms with E-state index in [0.717, 1.165) is 24.1 Å². The Hall–Kier alpha value is -3.46. The summed E-state index contributed by atoms with van der Waals surface area (Å²) in [5.41, 5.74) is 10.2. The molecule has 2 aliphatic rings. The van der Waals surface area contributed by atoms with Gasteiger partial charge in [-0.3, -0.25) is 0 Å². The van der Waals surface area contributed by atoms with Gasteiger partial charge in [-0.15, -0.1) is 0 Å². The minimum Gasteiger partial charge on any atom is -0.487 e. The Balaban J connectivity index is 1.98. The van der Waals surface area contributed by atoms with E-state index in [1.165, 1.54) is 0 Å². The van der Waals surface area contributed by atoms with Crippen LogP contribution in [0.15, 0.2) is 54.3 Å². The second-order valence-electron chi connectivity index (χ2n) is 7.91. The van der Waals surface area contributed by atoms with Crippen molar-refractivity contribution < 1.29 is 9.13 Å². The zero-order chi connectivity index (χ0) is 23.3. The maximum Gasteiger partial charge on any atom is 0.173 e. The van der Waals surface area contributed by atoms with Crippen LogP contribution in [0.5, 0.6) is 5.75 Å². The Morgan fingerprint density at radius 3 is 2.94 bits per heavy atom. The normalized spacial score (nSPS) is 18.8. The van der Waals surface area contributed by atoms with Gasteiger partial charge in [-0.2, -0.15) is 5.26 Å². The average Bonchev–Trinajstić information content (AvgIpc) is 2.80. The third-order valence-corrected chi connectivity index (χ3v) is 5.67. The molecule has 0 aliphatic carbocycles. The summed E-state index contributed by atoms with van der Waals surface area (Å²) in [6.07, 6.45) is 13.9. The quantitative estimate of drug-likeness (QED) is 0.294. The van der Waals surface area contributed by atoms with Crippen LogP contribution in [0.1, 0.15) is 45.6 Å². The van der Waals surface area contributed by atoms with Crippen LogP contribution in [0.2, 0.25) is 0 Å². The second-order valence-corrected chi connectivity index (χ2v) is 7.91.